The highest BCUT2D eigenvalue weighted by Crippen LogP contribution is 2.50. The van der Waals surface area contributed by atoms with E-state index in [1.807, 2.05) is 36.4 Å². The summed E-state index contributed by atoms with van der Waals surface area (Å²) in [4.78, 5) is 2.20. The summed E-state index contributed by atoms with van der Waals surface area (Å²) in [6.07, 6.45) is 0.505. The maximum absolute atomic E-state index is 7.54. The van der Waals surface area contributed by atoms with E-state index in [0.717, 1.165) is 22.5 Å². The number of nitrogens with two attached hydrogens (primary N) is 1. The summed E-state index contributed by atoms with van der Waals surface area (Å²) >= 11 is 12.5. The van der Waals surface area contributed by atoms with Crippen LogP contribution in [0.3, 0.4) is 0 Å². The summed E-state index contributed by atoms with van der Waals surface area (Å²) in [7, 11) is 0. The fourth-order valence-electron chi connectivity index (χ4n) is 3.24. The number of rotatable bonds is 3. The minimum absolute atomic E-state index is 0.181. The van der Waals surface area contributed by atoms with Gasteiger partial charge in [0.05, 0.1) is 5.84 Å². The van der Waals surface area contributed by atoms with Gasteiger partial charge < -0.3 is 10.6 Å². The number of nitrogens with zero attached hydrogens (tertiary/aromatic N) is 1. The van der Waals surface area contributed by atoms with E-state index in [9.17, 15) is 0 Å². The van der Waals surface area contributed by atoms with Crippen LogP contribution >= 0.6 is 23.2 Å². The van der Waals surface area contributed by atoms with Crippen LogP contribution < -0.4 is 10.6 Å². The summed E-state index contributed by atoms with van der Waals surface area (Å²) in [5.74, 6) is 0.181. The molecule has 0 fully saturated rings. The third-order valence-corrected chi connectivity index (χ3v) is 4.92. The molecule has 2 aromatic rings. The first-order chi connectivity index (χ1) is 10.8. The second-order valence-electron chi connectivity index (χ2n) is 6.37. The van der Waals surface area contributed by atoms with Crippen molar-refractivity contribution in [1.29, 1.82) is 5.41 Å². The molecule has 0 spiro atoms. The molecule has 3 rings (SSSR count). The monoisotopic (exact) mass is 347 g/mol. The first-order valence-corrected chi connectivity index (χ1v) is 8.27. The average molecular weight is 348 g/mol. The Balaban J connectivity index is 2.21. The first kappa shape index (κ1) is 16.2. The van der Waals surface area contributed by atoms with Gasteiger partial charge in [-0.3, -0.25) is 5.41 Å². The number of benzene rings is 2. The third-order valence-electron chi connectivity index (χ3n) is 4.45. The Hall–Kier alpha value is -1.71. The fraction of sp³-hybridized carbons (Fsp3) is 0.278. The lowest BCUT2D eigenvalue weighted by atomic mass is 9.73. The standard InChI is InChI=1S/C18H19Cl2N3/c1-18(2)13-9-11(19)3-5-15(13)23(8-7-17(21)22)16-6-4-12(20)10-14(16)18/h3-6,9-10H,7-8H2,1-2H3,(H3,21,22). The van der Waals surface area contributed by atoms with E-state index >= 15 is 0 Å². The van der Waals surface area contributed by atoms with Crippen molar-refractivity contribution < 1.29 is 0 Å². The van der Waals surface area contributed by atoms with Crippen molar-refractivity contribution >= 4 is 40.4 Å². The quantitative estimate of drug-likeness (QED) is 0.599. The van der Waals surface area contributed by atoms with Crippen LogP contribution in [-0.4, -0.2) is 12.4 Å². The van der Waals surface area contributed by atoms with E-state index in [0.29, 0.717) is 23.0 Å². The molecule has 23 heavy (non-hydrogen) atoms. The van der Waals surface area contributed by atoms with Gasteiger partial charge in [0.15, 0.2) is 0 Å². The molecular formula is C18H19Cl2N3. The van der Waals surface area contributed by atoms with Gasteiger partial charge in [0.2, 0.25) is 0 Å². The SMILES string of the molecule is CC1(C)c2cc(Cl)ccc2N(CCC(=N)N)c2ccc(Cl)cc21. The van der Waals surface area contributed by atoms with Crippen molar-refractivity contribution in [2.24, 2.45) is 5.73 Å². The zero-order valence-corrected chi connectivity index (χ0v) is 14.7. The van der Waals surface area contributed by atoms with Crippen LogP contribution in [0.25, 0.3) is 0 Å². The summed E-state index contributed by atoms with van der Waals surface area (Å²) in [6, 6.07) is 11.9. The molecule has 120 valence electrons. The number of hydrogen-bond donors (Lipinski definition) is 2. The largest absolute Gasteiger partial charge is 0.388 e. The molecule has 5 heteroatoms. The van der Waals surface area contributed by atoms with E-state index in [2.05, 4.69) is 18.7 Å². The molecule has 0 unspecified atom stereocenters. The molecule has 1 aliphatic heterocycles. The van der Waals surface area contributed by atoms with E-state index in [4.69, 9.17) is 34.3 Å². The lowest BCUT2D eigenvalue weighted by Crippen LogP contribution is -2.34. The molecule has 0 aromatic heterocycles. The summed E-state index contributed by atoms with van der Waals surface area (Å²) < 4.78 is 0. The van der Waals surface area contributed by atoms with Gasteiger partial charge in [-0.1, -0.05) is 37.0 Å². The average Bonchev–Trinajstić information content (AvgIpc) is 2.48. The van der Waals surface area contributed by atoms with Crippen molar-refractivity contribution in [2.75, 3.05) is 11.4 Å². The highest BCUT2D eigenvalue weighted by molar-refractivity contribution is 6.31. The molecule has 0 amide bonds. The van der Waals surface area contributed by atoms with Crippen molar-refractivity contribution in [3.05, 3.63) is 57.6 Å². The van der Waals surface area contributed by atoms with Gasteiger partial charge in [0, 0.05) is 39.8 Å². The normalized spacial score (nSPS) is 15.0. The highest BCUT2D eigenvalue weighted by Gasteiger charge is 2.36. The van der Waals surface area contributed by atoms with Gasteiger partial charge in [-0.2, -0.15) is 0 Å². The van der Waals surface area contributed by atoms with E-state index in [1.165, 1.54) is 0 Å². The Labute approximate surface area is 146 Å². The number of halogens is 2. The number of amidine groups is 1. The van der Waals surface area contributed by atoms with Crippen LogP contribution in [0.1, 0.15) is 31.4 Å². The highest BCUT2D eigenvalue weighted by atomic mass is 35.5. The van der Waals surface area contributed by atoms with Crippen LogP contribution in [0.2, 0.25) is 10.0 Å². The van der Waals surface area contributed by atoms with Crippen LogP contribution in [0.15, 0.2) is 36.4 Å². The molecule has 0 aliphatic carbocycles. The Morgan fingerprint density at radius 3 is 1.96 bits per heavy atom. The summed E-state index contributed by atoms with van der Waals surface area (Å²) in [6.45, 7) is 5.01. The predicted octanol–water partition coefficient (Wildman–Crippen LogP) is 5.10. The van der Waals surface area contributed by atoms with Gasteiger partial charge in [-0.15, -0.1) is 0 Å². The molecule has 0 saturated carbocycles. The zero-order valence-electron chi connectivity index (χ0n) is 13.2. The van der Waals surface area contributed by atoms with Gasteiger partial charge >= 0.3 is 0 Å². The summed E-state index contributed by atoms with van der Waals surface area (Å²) in [5.41, 5.74) is 9.89. The van der Waals surface area contributed by atoms with Crippen molar-refractivity contribution in [3.8, 4) is 0 Å². The first-order valence-electron chi connectivity index (χ1n) is 7.51. The molecular weight excluding hydrogens is 329 g/mol. The zero-order chi connectivity index (χ0) is 16.8. The molecule has 3 nitrogen and oxygen atoms in total. The van der Waals surface area contributed by atoms with Crippen LogP contribution in [0.4, 0.5) is 11.4 Å². The van der Waals surface area contributed by atoms with E-state index < -0.39 is 0 Å². The molecule has 0 bridgehead atoms. The maximum atomic E-state index is 7.54. The minimum atomic E-state index is -0.201. The number of nitrogens with one attached hydrogen (secondary N) is 1. The molecule has 0 saturated heterocycles. The Morgan fingerprint density at radius 2 is 1.52 bits per heavy atom. The van der Waals surface area contributed by atoms with Crippen LogP contribution in [0.5, 0.6) is 0 Å². The molecule has 0 atom stereocenters. The molecule has 1 aliphatic rings. The second-order valence-corrected chi connectivity index (χ2v) is 7.25. The minimum Gasteiger partial charge on any atom is -0.388 e. The summed E-state index contributed by atoms with van der Waals surface area (Å²) in [5, 5.41) is 8.97. The second kappa shape index (κ2) is 5.73. The fourth-order valence-corrected chi connectivity index (χ4v) is 3.58. The maximum Gasteiger partial charge on any atom is 0.0923 e. The van der Waals surface area contributed by atoms with Gasteiger partial charge in [0.1, 0.15) is 0 Å². The molecule has 0 radical (unpaired) electrons. The van der Waals surface area contributed by atoms with E-state index in [1.54, 1.807) is 0 Å². The van der Waals surface area contributed by atoms with Crippen molar-refractivity contribution in [1.82, 2.24) is 0 Å². The van der Waals surface area contributed by atoms with Crippen molar-refractivity contribution in [3.63, 3.8) is 0 Å². The van der Waals surface area contributed by atoms with E-state index in [-0.39, 0.29) is 11.3 Å². The smallest absolute Gasteiger partial charge is 0.0923 e. The topological polar surface area (TPSA) is 53.1 Å². The Morgan fingerprint density at radius 1 is 1.04 bits per heavy atom. The van der Waals surface area contributed by atoms with Crippen molar-refractivity contribution in [2.45, 2.75) is 25.7 Å². The number of hydrogen-bond acceptors (Lipinski definition) is 2. The van der Waals surface area contributed by atoms with Crippen LogP contribution in [-0.2, 0) is 5.41 Å². The molecule has 2 aromatic carbocycles. The third kappa shape index (κ3) is 2.79. The van der Waals surface area contributed by atoms with Gasteiger partial charge in [-0.25, -0.2) is 0 Å². The number of anilines is 2. The Bertz CT molecular complexity index is 728. The lowest BCUT2D eigenvalue weighted by Gasteiger charge is -2.42. The van der Waals surface area contributed by atoms with Gasteiger partial charge in [0.25, 0.3) is 0 Å². The van der Waals surface area contributed by atoms with Gasteiger partial charge in [-0.05, 0) is 47.5 Å². The Kier molecular flexibility index (Phi) is 4.03. The predicted molar refractivity (Wildman–Crippen MR) is 98.6 cm³/mol. The molecule has 1 heterocycles. The lowest BCUT2D eigenvalue weighted by molar-refractivity contribution is 0.624. The number of fused-ring (bicyclic) bond motifs is 2. The molecule has 3 N–H and O–H groups in total. The van der Waals surface area contributed by atoms with Crippen LogP contribution in [0, 0.1) is 5.41 Å².